The number of aryl methyl sites for hydroxylation is 2. The number of nitrogens with one attached hydrogen (secondary N) is 1. The van der Waals surface area contributed by atoms with Crippen LogP contribution in [0.4, 0.5) is 9.93 Å². The van der Waals surface area contributed by atoms with E-state index in [4.69, 9.17) is 0 Å². The van der Waals surface area contributed by atoms with E-state index >= 15 is 0 Å². The van der Waals surface area contributed by atoms with E-state index in [1.165, 1.54) is 11.3 Å². The molecular weight excluding hydrogens is 278 g/mol. The smallest absolute Gasteiger partial charge is 0.276 e. The maximum atomic E-state index is 12.7. The van der Waals surface area contributed by atoms with Gasteiger partial charge in [-0.25, -0.2) is 14.7 Å². The van der Waals surface area contributed by atoms with Crippen LogP contribution in [0, 0.1) is 19.3 Å². The fourth-order valence-electron chi connectivity index (χ4n) is 2.27. The van der Waals surface area contributed by atoms with Gasteiger partial charge in [0, 0.05) is 4.88 Å². The number of rotatable bonds is 3. The summed E-state index contributed by atoms with van der Waals surface area (Å²) in [5, 5.41) is 2.59. The minimum Gasteiger partial charge on any atom is -0.276 e. The van der Waals surface area contributed by atoms with Gasteiger partial charge in [-0.05, 0) is 26.7 Å². The number of carbonyl (C=O) groups is 3. The Bertz CT molecular complexity index is 570. The van der Waals surface area contributed by atoms with Crippen LogP contribution in [0.1, 0.15) is 37.3 Å². The summed E-state index contributed by atoms with van der Waals surface area (Å²) in [5.74, 6) is -0.997. The van der Waals surface area contributed by atoms with E-state index in [0.717, 1.165) is 15.5 Å². The van der Waals surface area contributed by atoms with E-state index in [9.17, 15) is 14.4 Å². The summed E-state index contributed by atoms with van der Waals surface area (Å²) in [6, 6.07) is -0.716. The zero-order valence-corrected chi connectivity index (χ0v) is 12.8. The van der Waals surface area contributed by atoms with Gasteiger partial charge < -0.3 is 0 Å². The summed E-state index contributed by atoms with van der Waals surface area (Å²) in [7, 11) is 0. The van der Waals surface area contributed by atoms with E-state index in [2.05, 4.69) is 10.3 Å². The van der Waals surface area contributed by atoms with Crippen LogP contribution in [0.3, 0.4) is 0 Å². The Labute approximate surface area is 121 Å². The van der Waals surface area contributed by atoms with Crippen molar-refractivity contribution in [1.29, 1.82) is 0 Å². The first-order valence-electron chi connectivity index (χ1n) is 6.51. The number of hydrogen-bond donors (Lipinski definition) is 1. The van der Waals surface area contributed by atoms with Crippen molar-refractivity contribution in [3.8, 4) is 0 Å². The Morgan fingerprint density at radius 2 is 1.80 bits per heavy atom. The third kappa shape index (κ3) is 1.93. The van der Waals surface area contributed by atoms with Gasteiger partial charge in [-0.15, -0.1) is 11.3 Å². The molecule has 4 amide bonds. The first-order chi connectivity index (χ1) is 9.37. The normalized spacial score (nSPS) is 18.4. The summed E-state index contributed by atoms with van der Waals surface area (Å²) in [6.45, 7) is 7.24. The van der Waals surface area contributed by atoms with Crippen molar-refractivity contribution in [2.45, 2.75) is 40.5 Å². The monoisotopic (exact) mass is 295 g/mol. The maximum Gasteiger partial charge on any atom is 0.337 e. The fraction of sp³-hybridized carbons (Fsp3) is 0.538. The number of hydrogen-bond acceptors (Lipinski definition) is 5. The lowest BCUT2D eigenvalue weighted by molar-refractivity contribution is -0.143. The predicted octanol–water partition coefficient (Wildman–Crippen LogP) is 2.15. The van der Waals surface area contributed by atoms with Gasteiger partial charge in [-0.2, -0.15) is 0 Å². The van der Waals surface area contributed by atoms with Crippen LogP contribution in [0.25, 0.3) is 0 Å². The van der Waals surface area contributed by atoms with Gasteiger partial charge in [-0.1, -0.05) is 13.8 Å². The molecule has 1 saturated heterocycles. The van der Waals surface area contributed by atoms with Crippen molar-refractivity contribution in [3.63, 3.8) is 0 Å². The molecule has 1 aromatic rings. The zero-order valence-electron chi connectivity index (χ0n) is 11.9. The van der Waals surface area contributed by atoms with E-state index in [0.29, 0.717) is 18.0 Å². The Morgan fingerprint density at radius 1 is 1.20 bits per heavy atom. The van der Waals surface area contributed by atoms with Crippen molar-refractivity contribution in [2.75, 3.05) is 4.90 Å². The number of urea groups is 1. The lowest BCUT2D eigenvalue weighted by Crippen LogP contribution is -2.63. The van der Waals surface area contributed by atoms with Gasteiger partial charge >= 0.3 is 6.03 Å². The number of thiazole rings is 1. The highest BCUT2D eigenvalue weighted by Gasteiger charge is 2.52. The highest BCUT2D eigenvalue weighted by molar-refractivity contribution is 7.16. The quantitative estimate of drug-likeness (QED) is 0.866. The minimum atomic E-state index is -1.18. The number of barbiturate groups is 1. The molecule has 1 aliphatic heterocycles. The summed E-state index contributed by atoms with van der Waals surface area (Å²) < 4.78 is 0. The minimum absolute atomic E-state index is 0.321. The predicted molar refractivity (Wildman–Crippen MR) is 75.6 cm³/mol. The average molecular weight is 295 g/mol. The highest BCUT2D eigenvalue weighted by Crippen LogP contribution is 2.36. The molecular formula is C13H17N3O3S. The molecule has 0 radical (unpaired) electrons. The Morgan fingerprint density at radius 3 is 2.25 bits per heavy atom. The van der Waals surface area contributed by atoms with E-state index in [-0.39, 0.29) is 0 Å². The molecule has 0 spiro atoms. The molecule has 0 bridgehead atoms. The highest BCUT2D eigenvalue weighted by atomic mass is 32.1. The first-order valence-corrected chi connectivity index (χ1v) is 7.33. The van der Waals surface area contributed by atoms with Gasteiger partial charge in [0.05, 0.1) is 5.69 Å². The van der Waals surface area contributed by atoms with Crippen molar-refractivity contribution < 1.29 is 14.4 Å². The van der Waals surface area contributed by atoms with Gasteiger partial charge in [0.2, 0.25) is 11.0 Å². The van der Waals surface area contributed by atoms with Gasteiger partial charge in [0.15, 0.2) is 0 Å². The average Bonchev–Trinajstić information content (AvgIpc) is 2.70. The largest absolute Gasteiger partial charge is 0.337 e. The molecule has 6 nitrogen and oxygen atoms in total. The SMILES string of the molecule is CCC1(CC)C(=O)NC(=O)N(c2nc(C)c(C)s2)C1=O. The topological polar surface area (TPSA) is 79.4 Å². The number of nitrogens with zero attached hydrogens (tertiary/aromatic N) is 2. The Balaban J connectivity index is 2.50. The first kappa shape index (κ1) is 14.6. The fourth-order valence-corrected chi connectivity index (χ4v) is 3.18. The summed E-state index contributed by atoms with van der Waals surface area (Å²) in [5.41, 5.74) is -0.400. The van der Waals surface area contributed by atoms with Gasteiger partial charge in [0.1, 0.15) is 5.41 Å². The van der Waals surface area contributed by atoms with Crippen LogP contribution in [-0.2, 0) is 9.59 Å². The molecule has 1 aliphatic rings. The van der Waals surface area contributed by atoms with Crippen LogP contribution in [0.2, 0.25) is 0 Å². The molecule has 0 unspecified atom stereocenters. The molecule has 0 saturated carbocycles. The van der Waals surface area contributed by atoms with Crippen LogP contribution in [0.5, 0.6) is 0 Å². The molecule has 0 atom stereocenters. The second-order valence-electron chi connectivity index (χ2n) is 4.83. The Hall–Kier alpha value is -1.76. The molecule has 1 aromatic heterocycles. The van der Waals surface area contributed by atoms with Crippen LogP contribution in [0.15, 0.2) is 0 Å². The maximum absolute atomic E-state index is 12.7. The van der Waals surface area contributed by atoms with Crippen molar-refractivity contribution in [2.24, 2.45) is 5.41 Å². The van der Waals surface area contributed by atoms with Crippen LogP contribution < -0.4 is 10.2 Å². The van der Waals surface area contributed by atoms with Crippen molar-refractivity contribution >= 4 is 34.3 Å². The molecule has 1 N–H and O–H groups in total. The van der Waals surface area contributed by atoms with E-state index < -0.39 is 23.3 Å². The number of carbonyl (C=O) groups excluding carboxylic acids is 3. The molecule has 2 rings (SSSR count). The molecule has 0 aromatic carbocycles. The number of anilines is 1. The lowest BCUT2D eigenvalue weighted by atomic mass is 9.79. The molecule has 108 valence electrons. The number of aromatic nitrogens is 1. The van der Waals surface area contributed by atoms with Crippen molar-refractivity contribution in [1.82, 2.24) is 10.3 Å². The molecule has 1 fully saturated rings. The summed E-state index contributed by atoms with van der Waals surface area (Å²) in [4.78, 5) is 42.9. The van der Waals surface area contributed by atoms with Gasteiger partial charge in [-0.3, -0.25) is 14.9 Å². The summed E-state index contributed by atoms with van der Waals surface area (Å²) in [6.07, 6.45) is 0.697. The second kappa shape index (κ2) is 4.97. The molecule has 20 heavy (non-hydrogen) atoms. The molecule has 7 heteroatoms. The molecule has 0 aliphatic carbocycles. The number of amides is 4. The zero-order chi connectivity index (χ0) is 15.1. The lowest BCUT2D eigenvalue weighted by Gasteiger charge is -2.36. The standard InChI is InChI=1S/C13H17N3O3S/c1-5-13(6-2)9(17)15-11(19)16(10(13)18)12-14-7(3)8(4)20-12/h5-6H2,1-4H3,(H,15,17,19). The van der Waals surface area contributed by atoms with E-state index in [1.54, 1.807) is 13.8 Å². The second-order valence-corrected chi connectivity index (χ2v) is 6.01. The Kier molecular flexibility index (Phi) is 3.64. The number of imide groups is 2. The van der Waals surface area contributed by atoms with Gasteiger partial charge in [0.25, 0.3) is 5.91 Å². The van der Waals surface area contributed by atoms with Crippen LogP contribution >= 0.6 is 11.3 Å². The summed E-state index contributed by atoms with van der Waals surface area (Å²) >= 11 is 1.27. The molecule has 2 heterocycles. The van der Waals surface area contributed by atoms with Crippen molar-refractivity contribution in [3.05, 3.63) is 10.6 Å². The van der Waals surface area contributed by atoms with Crippen LogP contribution in [-0.4, -0.2) is 22.8 Å². The third-order valence-electron chi connectivity index (χ3n) is 3.89. The third-order valence-corrected chi connectivity index (χ3v) is 4.94. The van der Waals surface area contributed by atoms with E-state index in [1.807, 2.05) is 13.8 Å².